The quantitative estimate of drug-likeness (QED) is 0.739. The van der Waals surface area contributed by atoms with Crippen LogP contribution in [0.3, 0.4) is 0 Å². The molecule has 3 nitrogen and oxygen atoms in total. The van der Waals surface area contributed by atoms with E-state index in [4.69, 9.17) is 4.18 Å². The first-order valence-corrected chi connectivity index (χ1v) is 7.96. The van der Waals surface area contributed by atoms with E-state index in [0.29, 0.717) is 4.47 Å². The Kier molecular flexibility index (Phi) is 4.80. The van der Waals surface area contributed by atoms with Gasteiger partial charge in [-0.3, -0.25) is 4.18 Å². The fraction of sp³-hybridized carbons (Fsp3) is 0.455. The molecule has 0 saturated carbocycles. The van der Waals surface area contributed by atoms with E-state index in [0.717, 1.165) is 4.47 Å². The standard InChI is InChI=1S/C11H14Br2O3S/c1-11(2,3)7-16-17(14,15)10-5-4-8(12)6-9(10)13/h4-6H,7H2,1-3H3. The maximum atomic E-state index is 11.9. The van der Waals surface area contributed by atoms with Gasteiger partial charge in [0.15, 0.2) is 0 Å². The van der Waals surface area contributed by atoms with Crippen LogP contribution in [0.5, 0.6) is 0 Å². The highest BCUT2D eigenvalue weighted by Crippen LogP contribution is 2.28. The van der Waals surface area contributed by atoms with Crippen molar-refractivity contribution >= 4 is 42.0 Å². The third-order valence-corrected chi connectivity index (χ3v) is 4.54. The van der Waals surface area contributed by atoms with Gasteiger partial charge in [0.2, 0.25) is 0 Å². The Balaban J connectivity index is 2.98. The zero-order chi connectivity index (χ0) is 13.3. The summed E-state index contributed by atoms with van der Waals surface area (Å²) in [4.78, 5) is 0.143. The molecule has 0 amide bonds. The molecule has 0 radical (unpaired) electrons. The lowest BCUT2D eigenvalue weighted by Crippen LogP contribution is -2.19. The van der Waals surface area contributed by atoms with Crippen LogP contribution in [0.15, 0.2) is 32.0 Å². The summed E-state index contributed by atoms with van der Waals surface area (Å²) in [6.45, 7) is 5.90. The van der Waals surface area contributed by atoms with E-state index in [1.807, 2.05) is 20.8 Å². The first kappa shape index (κ1) is 15.1. The highest BCUT2D eigenvalue weighted by molar-refractivity contribution is 9.11. The van der Waals surface area contributed by atoms with Crippen molar-refractivity contribution in [1.82, 2.24) is 0 Å². The van der Waals surface area contributed by atoms with Crippen molar-refractivity contribution in [1.29, 1.82) is 0 Å². The largest absolute Gasteiger partial charge is 0.298 e. The third-order valence-electron chi connectivity index (χ3n) is 1.81. The van der Waals surface area contributed by atoms with Crippen LogP contribution < -0.4 is 0 Å². The Morgan fingerprint density at radius 1 is 1.24 bits per heavy atom. The minimum atomic E-state index is -3.71. The Hall–Kier alpha value is 0.0900. The zero-order valence-corrected chi connectivity index (χ0v) is 13.8. The number of benzene rings is 1. The fourth-order valence-corrected chi connectivity index (χ4v) is 3.81. The summed E-state index contributed by atoms with van der Waals surface area (Å²) in [5.74, 6) is 0. The van der Waals surface area contributed by atoms with Crippen LogP contribution in [-0.2, 0) is 14.3 Å². The molecular formula is C11H14Br2O3S. The van der Waals surface area contributed by atoms with Gasteiger partial charge in [-0.05, 0) is 39.5 Å². The minimum absolute atomic E-state index is 0.143. The lowest BCUT2D eigenvalue weighted by atomic mass is 9.99. The van der Waals surface area contributed by atoms with Gasteiger partial charge in [0.05, 0.1) is 6.61 Å². The average Bonchev–Trinajstić information content (AvgIpc) is 2.13. The van der Waals surface area contributed by atoms with Gasteiger partial charge < -0.3 is 0 Å². The van der Waals surface area contributed by atoms with Crippen LogP contribution in [-0.4, -0.2) is 15.0 Å². The van der Waals surface area contributed by atoms with Gasteiger partial charge in [0, 0.05) is 8.95 Å². The summed E-state index contributed by atoms with van der Waals surface area (Å²) < 4.78 is 30.2. The van der Waals surface area contributed by atoms with Crippen molar-refractivity contribution in [3.8, 4) is 0 Å². The van der Waals surface area contributed by atoms with Crippen molar-refractivity contribution in [2.45, 2.75) is 25.7 Å². The van der Waals surface area contributed by atoms with Crippen molar-refractivity contribution < 1.29 is 12.6 Å². The van der Waals surface area contributed by atoms with Crippen LogP contribution in [0.1, 0.15) is 20.8 Å². The third kappa shape index (κ3) is 4.69. The topological polar surface area (TPSA) is 43.4 Å². The number of rotatable bonds is 3. The molecule has 0 heterocycles. The molecule has 96 valence electrons. The molecule has 0 N–H and O–H groups in total. The predicted molar refractivity (Wildman–Crippen MR) is 74.4 cm³/mol. The Morgan fingerprint density at radius 3 is 2.29 bits per heavy atom. The van der Waals surface area contributed by atoms with Gasteiger partial charge in [-0.2, -0.15) is 8.42 Å². The molecule has 0 spiro atoms. The molecule has 0 unspecified atom stereocenters. The lowest BCUT2D eigenvalue weighted by molar-refractivity contribution is 0.203. The van der Waals surface area contributed by atoms with Gasteiger partial charge >= 0.3 is 0 Å². The van der Waals surface area contributed by atoms with E-state index in [9.17, 15) is 8.42 Å². The monoisotopic (exact) mass is 384 g/mol. The van der Waals surface area contributed by atoms with Crippen molar-refractivity contribution in [2.24, 2.45) is 5.41 Å². The number of halogens is 2. The Bertz CT molecular complexity index is 504. The predicted octanol–water partition coefficient (Wildman–Crippen LogP) is 3.96. The highest BCUT2D eigenvalue weighted by Gasteiger charge is 2.22. The molecule has 0 bridgehead atoms. The maximum Gasteiger partial charge on any atom is 0.298 e. The normalized spacial score (nSPS) is 12.8. The highest BCUT2D eigenvalue weighted by atomic mass is 79.9. The molecule has 1 aromatic rings. The number of hydrogen-bond acceptors (Lipinski definition) is 3. The molecule has 1 rings (SSSR count). The van der Waals surface area contributed by atoms with Gasteiger partial charge in [0.1, 0.15) is 4.90 Å². The SMILES string of the molecule is CC(C)(C)COS(=O)(=O)c1ccc(Br)cc1Br. The van der Waals surface area contributed by atoms with E-state index in [-0.39, 0.29) is 16.9 Å². The van der Waals surface area contributed by atoms with E-state index in [1.165, 1.54) is 6.07 Å². The molecular weight excluding hydrogens is 372 g/mol. The maximum absolute atomic E-state index is 11.9. The first-order chi connectivity index (χ1) is 7.62. The lowest BCUT2D eigenvalue weighted by Gasteiger charge is -2.18. The molecule has 17 heavy (non-hydrogen) atoms. The van der Waals surface area contributed by atoms with E-state index >= 15 is 0 Å². The summed E-state index contributed by atoms with van der Waals surface area (Å²) in [5, 5.41) is 0. The van der Waals surface area contributed by atoms with Crippen molar-refractivity contribution in [3.63, 3.8) is 0 Å². The second kappa shape index (κ2) is 5.38. The molecule has 0 saturated heterocycles. The summed E-state index contributed by atoms with van der Waals surface area (Å²) in [5.41, 5.74) is -0.199. The Labute approximate surface area is 119 Å². The molecule has 0 fully saturated rings. The van der Waals surface area contributed by atoms with Gasteiger partial charge in [-0.15, -0.1) is 0 Å². The molecule has 6 heteroatoms. The van der Waals surface area contributed by atoms with Gasteiger partial charge in [-0.1, -0.05) is 36.7 Å². The van der Waals surface area contributed by atoms with Crippen molar-refractivity contribution in [2.75, 3.05) is 6.61 Å². The van der Waals surface area contributed by atoms with Crippen LogP contribution in [0.25, 0.3) is 0 Å². The minimum Gasteiger partial charge on any atom is -0.266 e. The van der Waals surface area contributed by atoms with E-state index in [1.54, 1.807) is 12.1 Å². The molecule has 1 aromatic carbocycles. The Morgan fingerprint density at radius 2 is 1.82 bits per heavy atom. The summed E-state index contributed by atoms with van der Waals surface area (Å²) in [6, 6.07) is 4.84. The zero-order valence-electron chi connectivity index (χ0n) is 9.83. The second-order valence-corrected chi connectivity index (χ2v) is 8.21. The summed E-state index contributed by atoms with van der Waals surface area (Å²) >= 11 is 6.48. The number of hydrogen-bond donors (Lipinski definition) is 0. The fourth-order valence-electron chi connectivity index (χ4n) is 0.996. The smallest absolute Gasteiger partial charge is 0.266 e. The molecule has 0 aliphatic carbocycles. The van der Waals surface area contributed by atoms with Gasteiger partial charge in [0.25, 0.3) is 10.1 Å². The van der Waals surface area contributed by atoms with Crippen molar-refractivity contribution in [3.05, 3.63) is 27.1 Å². The summed E-state index contributed by atoms with van der Waals surface area (Å²) in [7, 11) is -3.71. The average molecular weight is 386 g/mol. The van der Waals surface area contributed by atoms with Gasteiger partial charge in [-0.25, -0.2) is 0 Å². The molecule has 0 aliphatic rings. The second-order valence-electron chi connectivity index (χ2n) is 4.85. The summed E-state index contributed by atoms with van der Waals surface area (Å²) in [6.07, 6.45) is 0. The van der Waals surface area contributed by atoms with Crippen LogP contribution in [0.2, 0.25) is 0 Å². The molecule has 0 aromatic heterocycles. The van der Waals surface area contributed by atoms with E-state index < -0.39 is 10.1 Å². The van der Waals surface area contributed by atoms with Crippen LogP contribution in [0, 0.1) is 5.41 Å². The molecule has 0 atom stereocenters. The van der Waals surface area contributed by atoms with Crippen LogP contribution >= 0.6 is 31.9 Å². The first-order valence-electron chi connectivity index (χ1n) is 4.96. The molecule has 0 aliphatic heterocycles. The van der Waals surface area contributed by atoms with Crippen LogP contribution in [0.4, 0.5) is 0 Å². The van der Waals surface area contributed by atoms with E-state index in [2.05, 4.69) is 31.9 Å².